The number of anilines is 1. The van der Waals surface area contributed by atoms with Crippen LogP contribution in [0.4, 0.5) is 5.13 Å². The summed E-state index contributed by atoms with van der Waals surface area (Å²) < 4.78 is 9.13. The fourth-order valence-corrected chi connectivity index (χ4v) is 1.87. The first-order valence-electron chi connectivity index (χ1n) is 4.14. The highest BCUT2D eigenvalue weighted by molar-refractivity contribution is 7.09. The molecule has 0 radical (unpaired) electrons. The Morgan fingerprint density at radius 3 is 2.80 bits per heavy atom. The van der Waals surface area contributed by atoms with Crippen LogP contribution < -0.4 is 10.5 Å². The molecule has 78 valence electrons. The van der Waals surface area contributed by atoms with Crippen LogP contribution in [0.2, 0.25) is 5.02 Å². The van der Waals surface area contributed by atoms with Gasteiger partial charge < -0.3 is 10.5 Å². The first-order valence-corrected chi connectivity index (χ1v) is 5.29. The summed E-state index contributed by atoms with van der Waals surface area (Å²) in [4.78, 5) is 4.06. The minimum absolute atomic E-state index is 0.442. The molecule has 15 heavy (non-hydrogen) atoms. The number of rotatable bonds is 2. The fraction of sp³-hybridized carbons (Fsp3) is 0.111. The second-order valence-electron chi connectivity index (χ2n) is 2.81. The van der Waals surface area contributed by atoms with Crippen LogP contribution >= 0.6 is 23.1 Å². The van der Waals surface area contributed by atoms with Crippen LogP contribution in [-0.2, 0) is 0 Å². The second kappa shape index (κ2) is 4.04. The molecular weight excluding hydrogens is 234 g/mol. The van der Waals surface area contributed by atoms with Gasteiger partial charge in [-0.1, -0.05) is 11.6 Å². The SMILES string of the molecule is COc1ccc(-c2nsc(N)n2)cc1Cl. The first-order chi connectivity index (χ1) is 7.20. The van der Waals surface area contributed by atoms with Crippen LogP contribution in [-0.4, -0.2) is 16.5 Å². The van der Waals surface area contributed by atoms with E-state index in [1.165, 1.54) is 0 Å². The lowest BCUT2D eigenvalue weighted by Crippen LogP contribution is -1.87. The third-order valence-electron chi connectivity index (χ3n) is 1.85. The first kappa shape index (κ1) is 10.2. The van der Waals surface area contributed by atoms with Crippen molar-refractivity contribution in [3.05, 3.63) is 23.2 Å². The number of hydrogen-bond donors (Lipinski definition) is 1. The van der Waals surface area contributed by atoms with Crippen LogP contribution in [0.1, 0.15) is 0 Å². The number of ether oxygens (including phenoxy) is 1. The summed E-state index contributed by atoms with van der Waals surface area (Å²) in [6.07, 6.45) is 0. The summed E-state index contributed by atoms with van der Waals surface area (Å²) in [6.45, 7) is 0. The zero-order valence-electron chi connectivity index (χ0n) is 7.90. The van der Waals surface area contributed by atoms with Gasteiger partial charge in [0.15, 0.2) is 11.0 Å². The summed E-state index contributed by atoms with van der Waals surface area (Å²) >= 11 is 7.14. The minimum Gasteiger partial charge on any atom is -0.495 e. The lowest BCUT2D eigenvalue weighted by Gasteiger charge is -2.03. The Hall–Kier alpha value is -1.33. The molecule has 0 fully saturated rings. The number of aromatic nitrogens is 2. The summed E-state index contributed by atoms with van der Waals surface area (Å²) in [6, 6.07) is 5.36. The molecule has 0 saturated carbocycles. The largest absolute Gasteiger partial charge is 0.495 e. The molecule has 0 atom stereocenters. The number of methoxy groups -OCH3 is 1. The molecule has 2 aromatic rings. The quantitative estimate of drug-likeness (QED) is 0.877. The predicted molar refractivity (Wildman–Crippen MR) is 61.3 cm³/mol. The third kappa shape index (κ3) is 2.03. The minimum atomic E-state index is 0.442. The molecule has 2 N–H and O–H groups in total. The highest BCUT2D eigenvalue weighted by Gasteiger charge is 2.07. The molecule has 2 rings (SSSR count). The van der Waals surface area contributed by atoms with Gasteiger partial charge in [0.2, 0.25) is 0 Å². The van der Waals surface area contributed by atoms with Gasteiger partial charge >= 0.3 is 0 Å². The Morgan fingerprint density at radius 2 is 2.27 bits per heavy atom. The highest BCUT2D eigenvalue weighted by atomic mass is 35.5. The lowest BCUT2D eigenvalue weighted by molar-refractivity contribution is 0.415. The number of hydrogen-bond acceptors (Lipinski definition) is 5. The van der Waals surface area contributed by atoms with Crippen molar-refractivity contribution in [1.29, 1.82) is 0 Å². The number of halogens is 1. The van der Waals surface area contributed by atoms with Crippen molar-refractivity contribution in [3.63, 3.8) is 0 Å². The summed E-state index contributed by atoms with van der Waals surface area (Å²) in [5, 5.41) is 0.973. The van der Waals surface area contributed by atoms with Gasteiger partial charge in [-0.3, -0.25) is 0 Å². The van der Waals surface area contributed by atoms with E-state index in [1.807, 2.05) is 6.07 Å². The lowest BCUT2D eigenvalue weighted by atomic mass is 10.2. The molecule has 0 aliphatic carbocycles. The zero-order valence-corrected chi connectivity index (χ0v) is 9.47. The van der Waals surface area contributed by atoms with E-state index in [0.717, 1.165) is 17.1 Å². The number of nitrogens with zero attached hydrogens (tertiary/aromatic N) is 2. The van der Waals surface area contributed by atoms with Crippen molar-refractivity contribution in [2.45, 2.75) is 0 Å². The molecule has 1 aromatic heterocycles. The van der Waals surface area contributed by atoms with Crippen LogP contribution in [0.25, 0.3) is 11.4 Å². The Morgan fingerprint density at radius 1 is 1.47 bits per heavy atom. The Labute approximate surface area is 95.8 Å². The molecule has 1 heterocycles. The Balaban J connectivity index is 2.42. The van der Waals surface area contributed by atoms with Crippen molar-refractivity contribution < 1.29 is 4.74 Å². The summed E-state index contributed by atoms with van der Waals surface area (Å²) in [5.41, 5.74) is 6.32. The molecule has 4 nitrogen and oxygen atoms in total. The zero-order chi connectivity index (χ0) is 10.8. The van der Waals surface area contributed by atoms with Crippen LogP contribution in [0, 0.1) is 0 Å². The molecule has 0 spiro atoms. The van der Waals surface area contributed by atoms with Gasteiger partial charge in [-0.2, -0.15) is 9.36 Å². The van der Waals surface area contributed by atoms with Gasteiger partial charge in [0.25, 0.3) is 0 Å². The van der Waals surface area contributed by atoms with Crippen LogP contribution in [0.15, 0.2) is 18.2 Å². The van der Waals surface area contributed by atoms with E-state index < -0.39 is 0 Å². The summed E-state index contributed by atoms with van der Waals surface area (Å²) in [5.74, 6) is 1.21. The van der Waals surface area contributed by atoms with E-state index in [4.69, 9.17) is 22.1 Å². The Kier molecular flexibility index (Phi) is 2.75. The molecule has 0 amide bonds. The van der Waals surface area contributed by atoms with Crippen molar-refractivity contribution >= 4 is 28.3 Å². The summed E-state index contributed by atoms with van der Waals surface area (Å²) in [7, 11) is 1.57. The number of nitrogens with two attached hydrogens (primary N) is 1. The molecule has 0 aliphatic heterocycles. The van der Waals surface area contributed by atoms with E-state index in [-0.39, 0.29) is 0 Å². The van der Waals surface area contributed by atoms with Gasteiger partial charge in [-0.15, -0.1) is 0 Å². The maximum absolute atomic E-state index is 5.98. The van der Waals surface area contributed by atoms with Crippen molar-refractivity contribution in [2.75, 3.05) is 12.8 Å². The molecule has 0 bridgehead atoms. The smallest absolute Gasteiger partial charge is 0.200 e. The van der Waals surface area contributed by atoms with Gasteiger partial charge in [-0.25, -0.2) is 0 Å². The van der Waals surface area contributed by atoms with E-state index in [9.17, 15) is 0 Å². The fourth-order valence-electron chi connectivity index (χ4n) is 1.16. The van der Waals surface area contributed by atoms with Crippen LogP contribution in [0.3, 0.4) is 0 Å². The molecular formula is C9H8ClN3OS. The van der Waals surface area contributed by atoms with Gasteiger partial charge in [0.05, 0.1) is 12.1 Å². The standard InChI is InChI=1S/C9H8ClN3OS/c1-14-7-3-2-5(4-6(7)10)8-12-9(11)15-13-8/h2-4H,1H3,(H2,11,12,13). The molecule has 0 unspecified atom stereocenters. The van der Waals surface area contributed by atoms with Gasteiger partial charge in [-0.05, 0) is 18.2 Å². The van der Waals surface area contributed by atoms with Gasteiger partial charge in [0.1, 0.15) is 5.75 Å². The maximum Gasteiger partial charge on any atom is 0.200 e. The molecule has 1 aromatic carbocycles. The van der Waals surface area contributed by atoms with Crippen molar-refractivity contribution in [1.82, 2.24) is 9.36 Å². The predicted octanol–water partition coefficient (Wildman–Crippen LogP) is 2.45. The number of benzene rings is 1. The van der Waals surface area contributed by atoms with E-state index in [2.05, 4.69) is 9.36 Å². The average Bonchev–Trinajstić information content (AvgIpc) is 2.65. The van der Waals surface area contributed by atoms with Crippen molar-refractivity contribution in [3.8, 4) is 17.1 Å². The average molecular weight is 242 g/mol. The van der Waals surface area contributed by atoms with Crippen molar-refractivity contribution in [2.24, 2.45) is 0 Å². The monoisotopic (exact) mass is 241 g/mol. The molecule has 0 aliphatic rings. The molecule has 0 saturated heterocycles. The Bertz CT molecular complexity index is 486. The normalized spacial score (nSPS) is 10.3. The van der Waals surface area contributed by atoms with Crippen LogP contribution in [0.5, 0.6) is 5.75 Å². The number of nitrogen functional groups attached to an aromatic ring is 1. The highest BCUT2D eigenvalue weighted by Crippen LogP contribution is 2.29. The second-order valence-corrected chi connectivity index (χ2v) is 4.00. The van der Waals surface area contributed by atoms with Gasteiger partial charge in [0, 0.05) is 17.1 Å². The van der Waals surface area contributed by atoms with E-state index >= 15 is 0 Å². The topological polar surface area (TPSA) is 61.0 Å². The van der Waals surface area contributed by atoms with E-state index in [0.29, 0.717) is 21.7 Å². The molecule has 6 heteroatoms. The van der Waals surface area contributed by atoms with E-state index in [1.54, 1.807) is 19.2 Å². The third-order valence-corrected chi connectivity index (χ3v) is 2.69. The maximum atomic E-state index is 5.98.